The number of nitro groups is 1. The van der Waals surface area contributed by atoms with Crippen molar-refractivity contribution < 1.29 is 19.2 Å². The predicted molar refractivity (Wildman–Crippen MR) is 97.9 cm³/mol. The number of carbonyl (C=O) groups excluding carboxylic acids is 1. The molecule has 0 saturated heterocycles. The van der Waals surface area contributed by atoms with Gasteiger partial charge in [0.25, 0.3) is 5.69 Å². The fourth-order valence-electron chi connectivity index (χ4n) is 2.20. The Hall–Kier alpha value is -3.15. The summed E-state index contributed by atoms with van der Waals surface area (Å²) in [6, 6.07) is 14.8. The van der Waals surface area contributed by atoms with E-state index in [1.807, 2.05) is 6.07 Å². The molecule has 2 rings (SSSR count). The topological polar surface area (TPSA) is 78.7 Å². The zero-order valence-corrected chi connectivity index (χ0v) is 15.0. The normalized spacial score (nSPS) is 12.1. The first-order chi connectivity index (χ1) is 12.2. The number of nitro benzene ring substituents is 1. The van der Waals surface area contributed by atoms with Crippen LogP contribution >= 0.6 is 0 Å². The van der Waals surface area contributed by atoms with E-state index in [1.165, 1.54) is 12.1 Å². The molecule has 0 spiro atoms. The van der Waals surface area contributed by atoms with Gasteiger partial charge in [-0.2, -0.15) is 0 Å². The summed E-state index contributed by atoms with van der Waals surface area (Å²) < 4.78 is 11.3. The van der Waals surface area contributed by atoms with Crippen molar-refractivity contribution in [3.63, 3.8) is 0 Å². The second-order valence-corrected chi connectivity index (χ2v) is 6.69. The van der Waals surface area contributed by atoms with Gasteiger partial charge < -0.3 is 9.47 Å². The quantitative estimate of drug-likeness (QED) is 0.327. The number of rotatable bonds is 6. The Balaban J connectivity index is 2.33. The van der Waals surface area contributed by atoms with Crippen LogP contribution in [0, 0.1) is 10.1 Å². The molecule has 1 unspecified atom stereocenters. The molecule has 0 aliphatic heterocycles. The number of ether oxygens (including phenoxy) is 2. The van der Waals surface area contributed by atoms with Crippen LogP contribution in [-0.2, 0) is 9.53 Å². The van der Waals surface area contributed by atoms with E-state index in [2.05, 4.69) is 6.58 Å². The Bertz CT molecular complexity index is 791. The van der Waals surface area contributed by atoms with Crippen LogP contribution in [0.3, 0.4) is 0 Å². The van der Waals surface area contributed by atoms with Crippen LogP contribution in [0.25, 0.3) is 0 Å². The molecule has 0 fully saturated rings. The summed E-state index contributed by atoms with van der Waals surface area (Å²) in [4.78, 5) is 22.8. The number of hydrogen-bond donors (Lipinski definition) is 0. The molecule has 0 heterocycles. The first-order valence-electron chi connectivity index (χ1n) is 8.05. The van der Waals surface area contributed by atoms with Crippen molar-refractivity contribution in [2.24, 2.45) is 0 Å². The lowest BCUT2D eigenvalue weighted by molar-refractivity contribution is -0.384. The molecule has 0 bridgehead atoms. The number of benzene rings is 2. The van der Waals surface area contributed by atoms with Crippen molar-refractivity contribution in [1.82, 2.24) is 0 Å². The SMILES string of the molecule is C=C(C(=O)OC(C)(C)C)C(Oc1ccccc1)c1ccc([N+](=O)[O-])cc1. The minimum atomic E-state index is -0.826. The summed E-state index contributed by atoms with van der Waals surface area (Å²) >= 11 is 0. The third-order valence-corrected chi connectivity index (χ3v) is 3.38. The highest BCUT2D eigenvalue weighted by atomic mass is 16.6. The summed E-state index contributed by atoms with van der Waals surface area (Å²) in [7, 11) is 0. The van der Waals surface area contributed by atoms with Crippen LogP contribution in [0.1, 0.15) is 32.4 Å². The van der Waals surface area contributed by atoms with E-state index in [9.17, 15) is 14.9 Å². The number of carbonyl (C=O) groups is 1. The summed E-state index contributed by atoms with van der Waals surface area (Å²) in [5.74, 6) is -0.0441. The van der Waals surface area contributed by atoms with Crippen molar-refractivity contribution >= 4 is 11.7 Å². The van der Waals surface area contributed by atoms with Gasteiger partial charge in [-0.3, -0.25) is 10.1 Å². The van der Waals surface area contributed by atoms with Gasteiger partial charge in [0.2, 0.25) is 0 Å². The highest BCUT2D eigenvalue weighted by Gasteiger charge is 2.27. The highest BCUT2D eigenvalue weighted by molar-refractivity contribution is 5.89. The third-order valence-electron chi connectivity index (χ3n) is 3.38. The summed E-state index contributed by atoms with van der Waals surface area (Å²) in [6.07, 6.45) is -0.826. The fraction of sp³-hybridized carbons (Fsp3) is 0.250. The van der Waals surface area contributed by atoms with Gasteiger partial charge in [-0.15, -0.1) is 0 Å². The maximum Gasteiger partial charge on any atom is 0.338 e. The molecule has 2 aromatic carbocycles. The summed E-state index contributed by atoms with van der Waals surface area (Å²) in [5.41, 5.74) is -0.0460. The molecular formula is C20H21NO5. The molecular weight excluding hydrogens is 334 g/mol. The molecule has 6 nitrogen and oxygen atoms in total. The first-order valence-corrected chi connectivity index (χ1v) is 8.05. The van der Waals surface area contributed by atoms with Gasteiger partial charge >= 0.3 is 5.97 Å². The van der Waals surface area contributed by atoms with Crippen molar-refractivity contribution in [2.45, 2.75) is 32.5 Å². The molecule has 136 valence electrons. The van der Waals surface area contributed by atoms with Crippen LogP contribution in [0.15, 0.2) is 66.7 Å². The molecule has 0 saturated carbocycles. The minimum absolute atomic E-state index is 0.0462. The number of non-ortho nitro benzene ring substituents is 1. The van der Waals surface area contributed by atoms with E-state index >= 15 is 0 Å². The van der Waals surface area contributed by atoms with E-state index in [0.29, 0.717) is 11.3 Å². The Labute approximate surface area is 152 Å². The molecule has 0 aromatic heterocycles. The van der Waals surface area contributed by atoms with Gasteiger partial charge in [0, 0.05) is 12.1 Å². The van der Waals surface area contributed by atoms with E-state index < -0.39 is 22.6 Å². The first kappa shape index (κ1) is 19.2. The molecule has 6 heteroatoms. The lowest BCUT2D eigenvalue weighted by atomic mass is 10.0. The van der Waals surface area contributed by atoms with Crippen molar-refractivity contribution in [2.75, 3.05) is 0 Å². The Morgan fingerprint density at radius 1 is 1.08 bits per heavy atom. The van der Waals surface area contributed by atoms with Gasteiger partial charge in [-0.1, -0.05) is 24.8 Å². The maximum absolute atomic E-state index is 12.4. The lowest BCUT2D eigenvalue weighted by Gasteiger charge is -2.25. The van der Waals surface area contributed by atoms with Crippen molar-refractivity contribution in [3.8, 4) is 5.75 Å². The predicted octanol–water partition coefficient (Wildman–Crippen LogP) is 4.61. The molecule has 0 aliphatic carbocycles. The summed E-state index contributed by atoms with van der Waals surface area (Å²) in [6.45, 7) is 9.12. The smallest absolute Gasteiger partial charge is 0.338 e. The number of esters is 1. The fourth-order valence-corrected chi connectivity index (χ4v) is 2.20. The zero-order valence-electron chi connectivity index (χ0n) is 15.0. The minimum Gasteiger partial charge on any atom is -0.481 e. The second-order valence-electron chi connectivity index (χ2n) is 6.69. The van der Waals surface area contributed by atoms with Crippen LogP contribution < -0.4 is 4.74 Å². The number of hydrogen-bond acceptors (Lipinski definition) is 5. The third kappa shape index (κ3) is 5.17. The van der Waals surface area contributed by atoms with E-state index in [4.69, 9.17) is 9.47 Å². The van der Waals surface area contributed by atoms with Gasteiger partial charge in [0.15, 0.2) is 6.10 Å². The second kappa shape index (κ2) is 7.82. The standard InChI is InChI=1S/C20H21NO5/c1-14(19(22)26-20(2,3)4)18(25-17-8-6-5-7-9-17)15-10-12-16(13-11-15)21(23)24/h5-13,18H,1H2,2-4H3. The Morgan fingerprint density at radius 2 is 1.65 bits per heavy atom. The molecule has 26 heavy (non-hydrogen) atoms. The zero-order chi connectivity index (χ0) is 19.3. The maximum atomic E-state index is 12.4. The monoisotopic (exact) mass is 355 g/mol. The number of para-hydroxylation sites is 1. The van der Waals surface area contributed by atoms with E-state index in [0.717, 1.165) is 0 Å². The molecule has 1 atom stereocenters. The lowest BCUT2D eigenvalue weighted by Crippen LogP contribution is -2.27. The average Bonchev–Trinajstić information content (AvgIpc) is 2.58. The highest BCUT2D eigenvalue weighted by Crippen LogP contribution is 2.30. The Kier molecular flexibility index (Phi) is 5.77. The Morgan fingerprint density at radius 3 is 2.15 bits per heavy atom. The van der Waals surface area contributed by atoms with E-state index in [-0.39, 0.29) is 11.3 Å². The van der Waals surface area contributed by atoms with Gasteiger partial charge in [-0.05, 0) is 50.6 Å². The van der Waals surface area contributed by atoms with E-state index in [1.54, 1.807) is 57.2 Å². The van der Waals surface area contributed by atoms with Crippen LogP contribution in [0.2, 0.25) is 0 Å². The van der Waals surface area contributed by atoms with Crippen LogP contribution in [0.5, 0.6) is 5.75 Å². The largest absolute Gasteiger partial charge is 0.481 e. The molecule has 0 N–H and O–H groups in total. The van der Waals surface area contributed by atoms with Crippen LogP contribution in [-0.4, -0.2) is 16.5 Å². The van der Waals surface area contributed by atoms with Gasteiger partial charge in [0.1, 0.15) is 11.4 Å². The van der Waals surface area contributed by atoms with Gasteiger partial charge in [0.05, 0.1) is 10.5 Å². The molecule has 0 radical (unpaired) electrons. The molecule has 2 aromatic rings. The van der Waals surface area contributed by atoms with Crippen molar-refractivity contribution in [3.05, 3.63) is 82.4 Å². The summed E-state index contributed by atoms with van der Waals surface area (Å²) in [5, 5.41) is 10.9. The van der Waals surface area contributed by atoms with Crippen LogP contribution in [0.4, 0.5) is 5.69 Å². The molecule has 0 aliphatic rings. The van der Waals surface area contributed by atoms with Gasteiger partial charge in [-0.25, -0.2) is 4.79 Å². The number of nitrogens with zero attached hydrogens (tertiary/aromatic N) is 1. The van der Waals surface area contributed by atoms with Crippen molar-refractivity contribution in [1.29, 1.82) is 0 Å². The molecule has 0 amide bonds. The average molecular weight is 355 g/mol.